The fourth-order valence-electron chi connectivity index (χ4n) is 0.589. The summed E-state index contributed by atoms with van der Waals surface area (Å²) in [6, 6.07) is 10.0. The summed E-state index contributed by atoms with van der Waals surface area (Å²) in [5.74, 6) is 0. The summed E-state index contributed by atoms with van der Waals surface area (Å²) in [5.41, 5.74) is 2.19. The second-order valence-electron chi connectivity index (χ2n) is 2.67. The molecule has 0 heterocycles. The normalized spacial score (nSPS) is 7.00. The number of benzene rings is 1. The lowest BCUT2D eigenvalue weighted by atomic mass is 10.2. The molecule has 1 aromatic carbocycles. The molecule has 0 aromatic heterocycles. The predicted molar refractivity (Wildman–Crippen MR) is 72.8 cm³/mol. The van der Waals surface area contributed by atoms with E-state index in [-0.39, 0.29) is 0 Å². The first kappa shape index (κ1) is 15.6. The predicted octanol–water partition coefficient (Wildman–Crippen LogP) is 4.88. The van der Waals surface area contributed by atoms with Crippen LogP contribution in [0.1, 0.15) is 12.5 Å². The van der Waals surface area contributed by atoms with Gasteiger partial charge >= 0.3 is 0 Å². The van der Waals surface area contributed by atoms with Gasteiger partial charge in [-0.2, -0.15) is 0 Å². The van der Waals surface area contributed by atoms with E-state index in [0.29, 0.717) is 0 Å². The third kappa shape index (κ3) is 12.2. The third-order valence-corrected chi connectivity index (χ3v) is 1.38. The SMILES string of the molecule is C=C.C=CC(=C)C.C=Cc1ccccc1. The van der Waals surface area contributed by atoms with Crippen molar-refractivity contribution in [1.29, 1.82) is 0 Å². The first-order valence-electron chi connectivity index (χ1n) is 4.66. The lowest BCUT2D eigenvalue weighted by Gasteiger charge is -1.85. The molecule has 0 saturated heterocycles. The molecule has 0 fully saturated rings. The summed E-state index contributed by atoms with van der Waals surface area (Å²) in [6.07, 6.45) is 3.56. The molecule has 0 spiro atoms. The van der Waals surface area contributed by atoms with Crippen molar-refractivity contribution in [2.24, 2.45) is 0 Å². The Bertz CT molecular complexity index is 280. The Morgan fingerprint density at radius 3 is 1.67 bits per heavy atom. The molecule has 0 amide bonds. The van der Waals surface area contributed by atoms with Crippen LogP contribution >= 0.6 is 0 Å². The van der Waals surface area contributed by atoms with Gasteiger partial charge in [0.1, 0.15) is 0 Å². The second-order valence-corrected chi connectivity index (χ2v) is 2.67. The molecule has 0 saturated carbocycles. The molecule has 0 unspecified atom stereocenters. The highest BCUT2D eigenvalue weighted by Gasteiger charge is 1.75. The minimum Gasteiger partial charge on any atom is -0.106 e. The quantitative estimate of drug-likeness (QED) is 0.471. The van der Waals surface area contributed by atoms with E-state index in [1.54, 1.807) is 6.08 Å². The average Bonchev–Trinajstić information content (AvgIpc) is 2.33. The molecule has 0 aliphatic heterocycles. The highest BCUT2D eigenvalue weighted by Crippen LogP contribution is 1.97. The van der Waals surface area contributed by atoms with Crippen LogP contribution in [0.3, 0.4) is 0 Å². The zero-order valence-corrected chi connectivity index (χ0v) is 9.58. The van der Waals surface area contributed by atoms with E-state index in [1.807, 2.05) is 43.3 Å². The Balaban J connectivity index is 0. The lowest BCUT2D eigenvalue weighted by molar-refractivity contribution is 1.58. The molecule has 0 heteroatoms. The first-order valence-corrected chi connectivity index (χ1v) is 4.66. The Kier molecular flexibility index (Phi) is 12.7. The van der Waals surface area contributed by atoms with Crippen molar-refractivity contribution in [2.75, 3.05) is 0 Å². The fraction of sp³-hybridized carbons (Fsp3) is 0.0667. The largest absolute Gasteiger partial charge is 0.106 e. The van der Waals surface area contributed by atoms with Crippen molar-refractivity contribution >= 4 is 6.08 Å². The maximum Gasteiger partial charge on any atom is -0.0263 e. The third-order valence-electron chi connectivity index (χ3n) is 1.38. The van der Waals surface area contributed by atoms with Gasteiger partial charge in [-0.25, -0.2) is 0 Å². The molecule has 0 aliphatic carbocycles. The van der Waals surface area contributed by atoms with E-state index in [4.69, 9.17) is 0 Å². The molecular weight excluding hydrogens is 180 g/mol. The van der Waals surface area contributed by atoms with Crippen molar-refractivity contribution < 1.29 is 0 Å². The Hall–Kier alpha value is -1.82. The van der Waals surface area contributed by atoms with Gasteiger partial charge in [0.2, 0.25) is 0 Å². The van der Waals surface area contributed by atoms with E-state index < -0.39 is 0 Å². The van der Waals surface area contributed by atoms with Gasteiger partial charge in [-0.15, -0.1) is 13.2 Å². The van der Waals surface area contributed by atoms with Crippen molar-refractivity contribution in [1.82, 2.24) is 0 Å². The van der Waals surface area contributed by atoms with Crippen molar-refractivity contribution in [2.45, 2.75) is 6.92 Å². The zero-order valence-electron chi connectivity index (χ0n) is 9.58. The van der Waals surface area contributed by atoms with Crippen molar-refractivity contribution in [3.05, 3.63) is 80.4 Å². The molecule has 0 bridgehead atoms. The summed E-state index contributed by atoms with van der Waals surface area (Å²) in [7, 11) is 0. The van der Waals surface area contributed by atoms with E-state index in [1.165, 1.54) is 5.56 Å². The minimum absolute atomic E-state index is 1.02. The highest BCUT2D eigenvalue weighted by molar-refractivity contribution is 5.45. The van der Waals surface area contributed by atoms with Crippen molar-refractivity contribution in [3.63, 3.8) is 0 Å². The van der Waals surface area contributed by atoms with Gasteiger partial charge in [0.15, 0.2) is 0 Å². The van der Waals surface area contributed by atoms with Crippen LogP contribution in [0.25, 0.3) is 6.08 Å². The molecular formula is C15H20. The Morgan fingerprint density at radius 2 is 1.47 bits per heavy atom. The fourth-order valence-corrected chi connectivity index (χ4v) is 0.589. The van der Waals surface area contributed by atoms with Crippen LogP contribution in [0, 0.1) is 0 Å². The molecule has 0 atom stereocenters. The van der Waals surface area contributed by atoms with Crippen LogP contribution in [-0.2, 0) is 0 Å². The standard InChI is InChI=1S/C8H8.C5H8.C2H4/c1-2-8-6-4-3-5-7-8;1-4-5(2)3;1-2/h2-7H,1H2;4H,1-2H2,3H3;1-2H2. The first-order chi connectivity index (χ1) is 7.20. The van der Waals surface area contributed by atoms with Crippen LogP contribution in [0.2, 0.25) is 0 Å². The van der Waals surface area contributed by atoms with Gasteiger partial charge in [-0.05, 0) is 12.5 Å². The Morgan fingerprint density at radius 1 is 1.07 bits per heavy atom. The van der Waals surface area contributed by atoms with Gasteiger partial charge in [-0.1, -0.05) is 67.8 Å². The van der Waals surface area contributed by atoms with E-state index in [9.17, 15) is 0 Å². The molecule has 0 radical (unpaired) electrons. The zero-order chi connectivity index (χ0) is 12.1. The minimum atomic E-state index is 1.02. The van der Waals surface area contributed by atoms with Crippen LogP contribution < -0.4 is 0 Å². The van der Waals surface area contributed by atoms with Gasteiger partial charge in [0.05, 0.1) is 0 Å². The lowest BCUT2D eigenvalue weighted by Crippen LogP contribution is -1.63. The average molecular weight is 200 g/mol. The summed E-state index contributed by atoms with van der Waals surface area (Å²) < 4.78 is 0. The summed E-state index contributed by atoms with van der Waals surface area (Å²) in [6.45, 7) is 18.6. The van der Waals surface area contributed by atoms with Crippen LogP contribution in [0.4, 0.5) is 0 Å². The van der Waals surface area contributed by atoms with Crippen LogP contribution in [-0.4, -0.2) is 0 Å². The summed E-state index contributed by atoms with van der Waals surface area (Å²) >= 11 is 0. The second kappa shape index (κ2) is 12.2. The number of rotatable bonds is 2. The van der Waals surface area contributed by atoms with E-state index >= 15 is 0 Å². The monoisotopic (exact) mass is 200 g/mol. The molecule has 0 aliphatic rings. The smallest absolute Gasteiger partial charge is 0.0263 e. The molecule has 15 heavy (non-hydrogen) atoms. The van der Waals surface area contributed by atoms with Gasteiger partial charge in [0.25, 0.3) is 0 Å². The molecule has 0 N–H and O–H groups in total. The molecule has 80 valence electrons. The van der Waals surface area contributed by atoms with Crippen LogP contribution in [0.5, 0.6) is 0 Å². The molecule has 1 aromatic rings. The van der Waals surface area contributed by atoms with Gasteiger partial charge in [0, 0.05) is 0 Å². The maximum absolute atomic E-state index is 3.63. The summed E-state index contributed by atoms with van der Waals surface area (Å²) in [5, 5.41) is 0. The summed E-state index contributed by atoms with van der Waals surface area (Å²) in [4.78, 5) is 0. The topological polar surface area (TPSA) is 0 Å². The highest BCUT2D eigenvalue weighted by atomic mass is 13.8. The van der Waals surface area contributed by atoms with Crippen LogP contribution in [0.15, 0.2) is 74.9 Å². The number of hydrogen-bond donors (Lipinski definition) is 0. The molecule has 1 rings (SSSR count). The van der Waals surface area contributed by atoms with Gasteiger partial charge < -0.3 is 0 Å². The number of allylic oxidation sites excluding steroid dienone is 2. The van der Waals surface area contributed by atoms with Crippen molar-refractivity contribution in [3.8, 4) is 0 Å². The van der Waals surface area contributed by atoms with E-state index in [2.05, 4.69) is 32.9 Å². The van der Waals surface area contributed by atoms with E-state index in [0.717, 1.165) is 5.57 Å². The Labute approximate surface area is 94.0 Å². The van der Waals surface area contributed by atoms with Gasteiger partial charge in [-0.3, -0.25) is 0 Å². The number of hydrogen-bond acceptors (Lipinski definition) is 0. The maximum atomic E-state index is 3.63. The molecule has 0 nitrogen and oxygen atoms in total.